The van der Waals surface area contributed by atoms with Crippen LogP contribution in [-0.2, 0) is 10.0 Å². The Kier molecular flexibility index (Phi) is 3.74. The summed E-state index contributed by atoms with van der Waals surface area (Å²) >= 11 is 6.44. The molecule has 0 N–H and O–H groups in total. The van der Waals surface area contributed by atoms with E-state index in [-0.39, 0.29) is 4.90 Å². The van der Waals surface area contributed by atoms with Crippen LogP contribution < -0.4 is 0 Å². The van der Waals surface area contributed by atoms with E-state index in [0.29, 0.717) is 4.47 Å². The van der Waals surface area contributed by atoms with Crippen LogP contribution in [0.3, 0.4) is 0 Å². The van der Waals surface area contributed by atoms with Gasteiger partial charge in [-0.2, -0.15) is 0 Å². The Morgan fingerprint density at radius 3 is 2.29 bits per heavy atom. The number of rotatable bonds is 2. The summed E-state index contributed by atoms with van der Waals surface area (Å²) in [7, 11) is -0.368. The van der Waals surface area contributed by atoms with Gasteiger partial charge >= 0.3 is 0 Å². The van der Waals surface area contributed by atoms with E-state index < -0.39 is 10.0 Å². The van der Waals surface area contributed by atoms with E-state index in [9.17, 15) is 8.42 Å². The summed E-state index contributed by atoms with van der Waals surface area (Å²) in [6, 6.07) is 5.04. The van der Waals surface area contributed by atoms with Gasteiger partial charge in [0.05, 0.1) is 4.90 Å². The predicted molar refractivity (Wildman–Crippen MR) is 62.7 cm³/mol. The molecule has 1 rings (SSSR count). The third-order valence-electron chi connectivity index (χ3n) is 1.65. The molecule has 0 saturated carbocycles. The van der Waals surface area contributed by atoms with E-state index in [1.807, 2.05) is 0 Å². The topological polar surface area (TPSA) is 37.4 Å². The molecule has 3 nitrogen and oxygen atoms in total. The molecule has 0 unspecified atom stereocenters. The summed E-state index contributed by atoms with van der Waals surface area (Å²) in [4.78, 5) is 0.261. The van der Waals surface area contributed by atoms with Crippen LogP contribution in [-0.4, -0.2) is 26.8 Å². The molecule has 0 aliphatic carbocycles. The molecule has 0 bridgehead atoms. The van der Waals surface area contributed by atoms with Crippen molar-refractivity contribution < 1.29 is 8.42 Å². The van der Waals surface area contributed by atoms with E-state index >= 15 is 0 Å². The number of hydrogen-bond acceptors (Lipinski definition) is 2. The first-order chi connectivity index (χ1) is 6.35. The molecule has 0 heterocycles. The van der Waals surface area contributed by atoms with E-state index in [4.69, 9.17) is 0 Å². The van der Waals surface area contributed by atoms with Gasteiger partial charge in [0.1, 0.15) is 0 Å². The Hall–Kier alpha value is 0.0900. The number of hydrogen-bond donors (Lipinski definition) is 0. The largest absolute Gasteiger partial charge is 0.243 e. The lowest BCUT2D eigenvalue weighted by Crippen LogP contribution is -2.22. The molecule has 1 aromatic carbocycles. The van der Waals surface area contributed by atoms with Gasteiger partial charge in [0.2, 0.25) is 10.0 Å². The van der Waals surface area contributed by atoms with E-state index in [1.54, 1.807) is 18.2 Å². The highest BCUT2D eigenvalue weighted by molar-refractivity contribution is 9.11. The first kappa shape index (κ1) is 12.2. The average molecular weight is 343 g/mol. The minimum absolute atomic E-state index is 0.261. The van der Waals surface area contributed by atoms with Crippen molar-refractivity contribution in [3.8, 4) is 0 Å². The second-order valence-electron chi connectivity index (χ2n) is 2.86. The summed E-state index contributed by atoms with van der Waals surface area (Å²) in [6.45, 7) is 0. The molecule has 0 fully saturated rings. The van der Waals surface area contributed by atoms with Gasteiger partial charge in [0.15, 0.2) is 0 Å². The molecule has 0 spiro atoms. The highest BCUT2D eigenvalue weighted by Gasteiger charge is 2.20. The lowest BCUT2D eigenvalue weighted by molar-refractivity contribution is 0.520. The highest BCUT2D eigenvalue weighted by Crippen LogP contribution is 2.27. The Labute approximate surface area is 100 Å². The molecule has 0 radical (unpaired) electrons. The van der Waals surface area contributed by atoms with Gasteiger partial charge in [0, 0.05) is 23.0 Å². The average Bonchev–Trinajstić information content (AvgIpc) is 2.08. The van der Waals surface area contributed by atoms with E-state index in [1.165, 1.54) is 18.4 Å². The Bertz CT molecular complexity index is 443. The summed E-state index contributed by atoms with van der Waals surface area (Å²) in [5, 5.41) is 0. The van der Waals surface area contributed by atoms with Crippen molar-refractivity contribution in [1.82, 2.24) is 4.31 Å². The van der Waals surface area contributed by atoms with Crippen molar-refractivity contribution in [1.29, 1.82) is 0 Å². The fourth-order valence-electron chi connectivity index (χ4n) is 0.872. The van der Waals surface area contributed by atoms with Gasteiger partial charge < -0.3 is 0 Å². The predicted octanol–water partition coefficient (Wildman–Crippen LogP) is 2.46. The molecule has 78 valence electrons. The molecule has 0 amide bonds. The second-order valence-corrected chi connectivity index (χ2v) is 6.75. The molecule has 6 heteroatoms. The number of halogens is 2. The zero-order chi connectivity index (χ0) is 10.9. The van der Waals surface area contributed by atoms with Crippen LogP contribution >= 0.6 is 31.9 Å². The minimum Gasteiger partial charge on any atom is -0.207 e. The van der Waals surface area contributed by atoms with Crippen molar-refractivity contribution in [2.75, 3.05) is 14.1 Å². The van der Waals surface area contributed by atoms with Crippen molar-refractivity contribution in [3.05, 3.63) is 27.1 Å². The quantitative estimate of drug-likeness (QED) is 0.827. The maximum Gasteiger partial charge on any atom is 0.243 e. The summed E-state index contributed by atoms with van der Waals surface area (Å²) < 4.78 is 26.0. The fourth-order valence-corrected chi connectivity index (χ4v) is 3.23. The number of nitrogens with zero attached hydrogens (tertiary/aromatic N) is 1. The maximum absolute atomic E-state index is 11.8. The molecular formula is C8H9Br2NO2S. The smallest absolute Gasteiger partial charge is 0.207 e. The Morgan fingerprint density at radius 1 is 1.21 bits per heavy atom. The first-order valence-electron chi connectivity index (χ1n) is 3.73. The Balaban J connectivity index is 3.40. The van der Waals surface area contributed by atoms with Gasteiger partial charge in [0.25, 0.3) is 0 Å². The third kappa shape index (κ3) is 2.36. The highest BCUT2D eigenvalue weighted by atomic mass is 79.9. The first-order valence-corrected chi connectivity index (χ1v) is 6.76. The van der Waals surface area contributed by atoms with Crippen molar-refractivity contribution in [2.45, 2.75) is 4.90 Å². The third-order valence-corrected chi connectivity index (χ3v) is 4.95. The molecule has 1 aromatic rings. The lowest BCUT2D eigenvalue weighted by Gasteiger charge is -2.12. The monoisotopic (exact) mass is 341 g/mol. The van der Waals surface area contributed by atoms with Gasteiger partial charge in [-0.25, -0.2) is 12.7 Å². The van der Waals surface area contributed by atoms with Crippen LogP contribution in [0.15, 0.2) is 32.0 Å². The van der Waals surface area contributed by atoms with E-state index in [2.05, 4.69) is 31.9 Å². The zero-order valence-electron chi connectivity index (χ0n) is 7.66. The molecule has 0 saturated heterocycles. The van der Waals surface area contributed by atoms with Gasteiger partial charge in [-0.05, 0) is 34.1 Å². The number of benzene rings is 1. The van der Waals surface area contributed by atoms with Crippen LogP contribution in [0.5, 0.6) is 0 Å². The van der Waals surface area contributed by atoms with Crippen molar-refractivity contribution >= 4 is 41.9 Å². The van der Waals surface area contributed by atoms with Crippen LogP contribution in [0, 0.1) is 0 Å². The molecular weight excluding hydrogens is 334 g/mol. The fraction of sp³-hybridized carbons (Fsp3) is 0.250. The normalized spacial score (nSPS) is 12.1. The summed E-state index contributed by atoms with van der Waals surface area (Å²) in [5.74, 6) is 0. The molecule has 0 aromatic heterocycles. The molecule has 0 aliphatic rings. The minimum atomic E-state index is -3.37. The van der Waals surface area contributed by atoms with Crippen molar-refractivity contribution in [2.24, 2.45) is 0 Å². The number of sulfonamides is 1. The van der Waals surface area contributed by atoms with Crippen LogP contribution in [0.25, 0.3) is 0 Å². The second kappa shape index (κ2) is 4.30. The van der Waals surface area contributed by atoms with Gasteiger partial charge in [-0.1, -0.05) is 15.9 Å². The molecule has 14 heavy (non-hydrogen) atoms. The van der Waals surface area contributed by atoms with Crippen molar-refractivity contribution in [3.63, 3.8) is 0 Å². The van der Waals surface area contributed by atoms with Crippen LogP contribution in [0.4, 0.5) is 0 Å². The lowest BCUT2D eigenvalue weighted by atomic mass is 10.4. The van der Waals surface area contributed by atoms with Gasteiger partial charge in [-0.3, -0.25) is 0 Å². The van der Waals surface area contributed by atoms with E-state index in [0.717, 1.165) is 4.47 Å². The molecule has 0 aliphatic heterocycles. The maximum atomic E-state index is 11.8. The molecule has 0 atom stereocenters. The summed E-state index contributed by atoms with van der Waals surface area (Å²) in [5.41, 5.74) is 0. The van der Waals surface area contributed by atoms with Crippen LogP contribution in [0.1, 0.15) is 0 Å². The summed E-state index contributed by atoms with van der Waals surface area (Å²) in [6.07, 6.45) is 0. The SMILES string of the molecule is CN(C)S(=O)(=O)c1cc(Br)ccc1Br. The zero-order valence-corrected chi connectivity index (χ0v) is 11.6. The van der Waals surface area contributed by atoms with Crippen LogP contribution in [0.2, 0.25) is 0 Å². The standard InChI is InChI=1S/C8H9Br2NO2S/c1-11(2)14(12,13)8-5-6(9)3-4-7(8)10/h3-5H,1-2H3. The van der Waals surface area contributed by atoms with Gasteiger partial charge in [-0.15, -0.1) is 0 Å². The Morgan fingerprint density at radius 2 is 1.79 bits per heavy atom.